The Labute approximate surface area is 144 Å². The standard InChI is InChI=1S/C17H30N6O/c1-18-17(22(2)10-6-14-7-11-24-12-8-14)19-13-16-21-20-15-5-3-4-9-23(15)16/h14H,3-13H2,1-2H3,(H,18,19). The van der Waals surface area contributed by atoms with E-state index in [0.29, 0.717) is 6.54 Å². The van der Waals surface area contributed by atoms with Gasteiger partial charge in [-0.1, -0.05) is 0 Å². The van der Waals surface area contributed by atoms with Gasteiger partial charge in [0.25, 0.3) is 0 Å². The first-order chi connectivity index (χ1) is 11.8. The SMILES string of the molecule is CN=C(NCc1nnc2n1CCCC2)N(C)CCC1CCOCC1. The highest BCUT2D eigenvalue weighted by Crippen LogP contribution is 2.18. The van der Waals surface area contributed by atoms with Crippen molar-refractivity contribution in [3.8, 4) is 0 Å². The van der Waals surface area contributed by atoms with Crippen molar-refractivity contribution in [2.45, 2.75) is 51.6 Å². The number of aliphatic imine (C=N–C) groups is 1. The summed E-state index contributed by atoms with van der Waals surface area (Å²) >= 11 is 0. The Morgan fingerprint density at radius 1 is 1.33 bits per heavy atom. The lowest BCUT2D eigenvalue weighted by Gasteiger charge is -2.26. The number of fused-ring (bicyclic) bond motifs is 1. The molecule has 0 unspecified atom stereocenters. The van der Waals surface area contributed by atoms with Gasteiger partial charge in [-0.05, 0) is 38.0 Å². The van der Waals surface area contributed by atoms with Gasteiger partial charge in [-0.25, -0.2) is 0 Å². The van der Waals surface area contributed by atoms with Crippen LogP contribution in [0.3, 0.4) is 0 Å². The monoisotopic (exact) mass is 334 g/mol. The Kier molecular flexibility index (Phi) is 6.07. The van der Waals surface area contributed by atoms with Crippen LogP contribution in [0.1, 0.15) is 43.8 Å². The topological polar surface area (TPSA) is 67.6 Å². The van der Waals surface area contributed by atoms with Crippen molar-refractivity contribution in [3.63, 3.8) is 0 Å². The second-order valence-corrected chi connectivity index (χ2v) is 6.81. The van der Waals surface area contributed by atoms with Gasteiger partial charge in [0.15, 0.2) is 11.8 Å². The average Bonchev–Trinajstić information content (AvgIpc) is 3.05. The van der Waals surface area contributed by atoms with E-state index in [4.69, 9.17) is 4.74 Å². The zero-order chi connectivity index (χ0) is 16.8. The minimum Gasteiger partial charge on any atom is -0.381 e. The van der Waals surface area contributed by atoms with E-state index < -0.39 is 0 Å². The van der Waals surface area contributed by atoms with Gasteiger partial charge in [-0.2, -0.15) is 0 Å². The fourth-order valence-electron chi connectivity index (χ4n) is 3.56. The molecule has 3 heterocycles. The zero-order valence-corrected chi connectivity index (χ0v) is 15.0. The normalized spacial score (nSPS) is 19.2. The van der Waals surface area contributed by atoms with Crippen LogP contribution < -0.4 is 5.32 Å². The summed E-state index contributed by atoms with van der Waals surface area (Å²) in [5.41, 5.74) is 0. The lowest BCUT2D eigenvalue weighted by molar-refractivity contribution is 0.0625. The van der Waals surface area contributed by atoms with Gasteiger partial charge in [0.05, 0.1) is 6.54 Å². The van der Waals surface area contributed by atoms with Crippen LogP contribution in [0, 0.1) is 5.92 Å². The van der Waals surface area contributed by atoms with Gasteiger partial charge in [0.1, 0.15) is 5.82 Å². The number of ether oxygens (including phenoxy) is 1. The van der Waals surface area contributed by atoms with Crippen LogP contribution in [-0.4, -0.2) is 59.5 Å². The second-order valence-electron chi connectivity index (χ2n) is 6.81. The largest absolute Gasteiger partial charge is 0.381 e. The number of hydrogen-bond acceptors (Lipinski definition) is 4. The van der Waals surface area contributed by atoms with E-state index in [9.17, 15) is 0 Å². The maximum atomic E-state index is 5.44. The number of rotatable bonds is 5. The molecule has 7 heteroatoms. The average molecular weight is 334 g/mol. The zero-order valence-electron chi connectivity index (χ0n) is 15.0. The van der Waals surface area contributed by atoms with Gasteiger partial charge in [-0.15, -0.1) is 10.2 Å². The molecule has 0 radical (unpaired) electrons. The van der Waals surface area contributed by atoms with Crippen molar-refractivity contribution in [2.75, 3.05) is 33.9 Å². The minimum absolute atomic E-state index is 0.682. The molecule has 0 atom stereocenters. The predicted octanol–water partition coefficient (Wildman–Crippen LogP) is 1.44. The molecule has 1 saturated heterocycles. The van der Waals surface area contributed by atoms with Crippen molar-refractivity contribution >= 4 is 5.96 Å². The molecule has 0 spiro atoms. The van der Waals surface area contributed by atoms with E-state index in [0.717, 1.165) is 56.3 Å². The molecule has 1 aromatic heterocycles. The minimum atomic E-state index is 0.682. The molecule has 0 aliphatic carbocycles. The van der Waals surface area contributed by atoms with Crippen LogP contribution in [0.4, 0.5) is 0 Å². The van der Waals surface area contributed by atoms with Crippen molar-refractivity contribution in [1.82, 2.24) is 25.0 Å². The number of aromatic nitrogens is 3. The Morgan fingerprint density at radius 3 is 2.96 bits per heavy atom. The van der Waals surface area contributed by atoms with Crippen LogP contribution in [0.15, 0.2) is 4.99 Å². The number of nitrogens with zero attached hydrogens (tertiary/aromatic N) is 5. The summed E-state index contributed by atoms with van der Waals surface area (Å²) in [6, 6.07) is 0. The summed E-state index contributed by atoms with van der Waals surface area (Å²) in [4.78, 5) is 6.62. The van der Waals surface area contributed by atoms with E-state index in [2.05, 4.69) is 37.0 Å². The molecule has 3 rings (SSSR count). The van der Waals surface area contributed by atoms with Crippen molar-refractivity contribution in [2.24, 2.45) is 10.9 Å². The van der Waals surface area contributed by atoms with Crippen LogP contribution in [0.5, 0.6) is 0 Å². The summed E-state index contributed by atoms with van der Waals surface area (Å²) in [5.74, 6) is 3.85. The highest BCUT2D eigenvalue weighted by atomic mass is 16.5. The quantitative estimate of drug-likeness (QED) is 0.652. The molecule has 1 fully saturated rings. The summed E-state index contributed by atoms with van der Waals surface area (Å²) in [7, 11) is 3.94. The molecule has 0 aromatic carbocycles. The van der Waals surface area contributed by atoms with Gasteiger partial charge >= 0.3 is 0 Å². The van der Waals surface area contributed by atoms with Gasteiger partial charge in [-0.3, -0.25) is 4.99 Å². The number of guanidine groups is 1. The van der Waals surface area contributed by atoms with E-state index in [1.54, 1.807) is 0 Å². The van der Waals surface area contributed by atoms with Gasteiger partial charge in [0, 0.05) is 46.8 Å². The van der Waals surface area contributed by atoms with Crippen molar-refractivity contribution in [3.05, 3.63) is 11.6 Å². The summed E-state index contributed by atoms with van der Waals surface area (Å²) in [6.07, 6.45) is 7.06. The van der Waals surface area contributed by atoms with Crippen molar-refractivity contribution < 1.29 is 4.74 Å². The molecule has 24 heavy (non-hydrogen) atoms. The summed E-state index contributed by atoms with van der Waals surface area (Å²) in [6.45, 7) is 4.57. The number of hydrogen-bond donors (Lipinski definition) is 1. The first-order valence-corrected chi connectivity index (χ1v) is 9.18. The number of nitrogens with one attached hydrogen (secondary N) is 1. The number of aryl methyl sites for hydroxylation is 1. The van der Waals surface area contributed by atoms with Crippen LogP contribution in [0.2, 0.25) is 0 Å². The summed E-state index contributed by atoms with van der Waals surface area (Å²) in [5, 5.41) is 12.1. The molecule has 0 bridgehead atoms. The first kappa shape index (κ1) is 17.2. The van der Waals surface area contributed by atoms with E-state index in [1.807, 2.05) is 7.05 Å². The fraction of sp³-hybridized carbons (Fsp3) is 0.824. The van der Waals surface area contributed by atoms with Crippen molar-refractivity contribution in [1.29, 1.82) is 0 Å². The van der Waals surface area contributed by atoms with Crippen LogP contribution in [-0.2, 0) is 24.2 Å². The molecule has 0 amide bonds. The van der Waals surface area contributed by atoms with Crippen LogP contribution >= 0.6 is 0 Å². The third-order valence-electron chi connectivity index (χ3n) is 5.13. The molecule has 2 aliphatic heterocycles. The Balaban J connectivity index is 1.48. The lowest BCUT2D eigenvalue weighted by atomic mass is 9.96. The molecule has 7 nitrogen and oxygen atoms in total. The highest BCUT2D eigenvalue weighted by Gasteiger charge is 2.17. The fourth-order valence-corrected chi connectivity index (χ4v) is 3.56. The van der Waals surface area contributed by atoms with Gasteiger partial charge < -0.3 is 19.5 Å². The maximum absolute atomic E-state index is 5.44. The molecular weight excluding hydrogens is 304 g/mol. The van der Waals surface area contributed by atoms with E-state index in [-0.39, 0.29) is 0 Å². The maximum Gasteiger partial charge on any atom is 0.193 e. The Hall–Kier alpha value is -1.63. The predicted molar refractivity (Wildman–Crippen MR) is 93.9 cm³/mol. The second kappa shape index (κ2) is 8.46. The molecular formula is C17H30N6O. The van der Waals surface area contributed by atoms with Crippen LogP contribution in [0.25, 0.3) is 0 Å². The first-order valence-electron chi connectivity index (χ1n) is 9.18. The lowest BCUT2D eigenvalue weighted by Crippen LogP contribution is -2.40. The molecule has 1 N–H and O–H groups in total. The molecule has 134 valence electrons. The molecule has 2 aliphatic rings. The smallest absolute Gasteiger partial charge is 0.193 e. The third-order valence-corrected chi connectivity index (χ3v) is 5.13. The highest BCUT2D eigenvalue weighted by molar-refractivity contribution is 5.79. The van der Waals surface area contributed by atoms with E-state index >= 15 is 0 Å². The third kappa shape index (κ3) is 4.26. The summed E-state index contributed by atoms with van der Waals surface area (Å²) < 4.78 is 7.69. The Morgan fingerprint density at radius 2 is 2.17 bits per heavy atom. The Bertz CT molecular complexity index is 549. The van der Waals surface area contributed by atoms with Gasteiger partial charge in [0.2, 0.25) is 0 Å². The molecule has 1 aromatic rings. The molecule has 0 saturated carbocycles. The van der Waals surface area contributed by atoms with E-state index in [1.165, 1.54) is 32.1 Å².